The molecule has 1 aliphatic rings. The molecule has 1 N–H and O–H groups in total. The lowest BCUT2D eigenvalue weighted by molar-refractivity contribution is -0.132. The zero-order chi connectivity index (χ0) is 28.1. The molecule has 4 aromatic rings. The van der Waals surface area contributed by atoms with Crippen molar-refractivity contribution in [2.45, 2.75) is 35.9 Å². The minimum Gasteiger partial charge on any atom is -0.507 e. The molecular formula is C30H26FN3O4S2. The van der Waals surface area contributed by atoms with Crippen molar-refractivity contribution in [1.29, 1.82) is 0 Å². The number of Topliss-reactive ketones (excluding diaryl/α,β-unsaturated/α-hetero) is 1. The minimum atomic E-state index is -0.885. The fraction of sp³-hybridized carbons (Fsp3) is 0.200. The predicted octanol–water partition coefficient (Wildman–Crippen LogP) is 6.77. The van der Waals surface area contributed by atoms with Crippen molar-refractivity contribution in [3.63, 3.8) is 0 Å². The lowest BCUT2D eigenvalue weighted by atomic mass is 9.95. The van der Waals surface area contributed by atoms with Gasteiger partial charge in [0, 0.05) is 11.3 Å². The molecule has 1 unspecified atom stereocenters. The van der Waals surface area contributed by atoms with Gasteiger partial charge < -0.3 is 9.84 Å². The number of thioether (sulfide) groups is 1. The van der Waals surface area contributed by atoms with Crippen LogP contribution in [0.4, 0.5) is 9.52 Å². The summed E-state index contributed by atoms with van der Waals surface area (Å²) in [6.45, 7) is 2.67. The zero-order valence-corrected chi connectivity index (χ0v) is 23.3. The van der Waals surface area contributed by atoms with E-state index in [9.17, 15) is 19.1 Å². The summed E-state index contributed by atoms with van der Waals surface area (Å²) in [4.78, 5) is 28.0. The molecule has 0 saturated carbocycles. The standard InChI is InChI=1S/C30H26FN3O4S2/c1-2-3-17-38-23-15-11-21(12-16-23)26(35)24-25(20-7-5-4-6-8-20)34(28(37)27(24)36)29-32-33-30(40-29)39-18-19-9-13-22(31)14-10-19/h4-16,25,35H,2-3,17-18H2,1H3/b26-24-. The van der Waals surface area contributed by atoms with Crippen LogP contribution in [0, 0.1) is 5.82 Å². The highest BCUT2D eigenvalue weighted by atomic mass is 32.2. The van der Waals surface area contributed by atoms with Crippen molar-refractivity contribution in [2.24, 2.45) is 0 Å². The largest absolute Gasteiger partial charge is 0.507 e. The lowest BCUT2D eigenvalue weighted by Gasteiger charge is -2.22. The zero-order valence-electron chi connectivity index (χ0n) is 21.6. The maximum absolute atomic E-state index is 13.4. The van der Waals surface area contributed by atoms with Crippen LogP contribution in [0.5, 0.6) is 5.75 Å². The monoisotopic (exact) mass is 575 g/mol. The molecule has 1 fully saturated rings. The SMILES string of the molecule is CCCCOc1ccc(/C(O)=C2/C(=O)C(=O)N(c3nnc(SCc4ccc(F)cc4)s3)C2c2ccccc2)cc1. The first-order valence-corrected chi connectivity index (χ1v) is 14.6. The van der Waals surface area contributed by atoms with Crippen LogP contribution < -0.4 is 9.64 Å². The van der Waals surface area contributed by atoms with E-state index in [-0.39, 0.29) is 22.3 Å². The van der Waals surface area contributed by atoms with Gasteiger partial charge in [-0.15, -0.1) is 10.2 Å². The number of nitrogens with zero attached hydrogens (tertiary/aromatic N) is 3. The Morgan fingerprint density at radius 2 is 1.75 bits per heavy atom. The lowest BCUT2D eigenvalue weighted by Crippen LogP contribution is -2.29. The summed E-state index contributed by atoms with van der Waals surface area (Å²) in [5, 5.41) is 20.0. The number of amides is 1. The molecule has 10 heteroatoms. The molecule has 1 amide bonds. The number of rotatable bonds is 10. The van der Waals surface area contributed by atoms with Crippen molar-refractivity contribution in [3.05, 3.63) is 107 Å². The van der Waals surface area contributed by atoms with E-state index >= 15 is 0 Å². The second-order valence-corrected chi connectivity index (χ2v) is 11.3. The molecule has 0 aliphatic carbocycles. The number of aromatic nitrogens is 2. The molecule has 1 atom stereocenters. The number of carbonyl (C=O) groups excluding carboxylic acids is 2. The summed E-state index contributed by atoms with van der Waals surface area (Å²) in [5.41, 5.74) is 1.94. The molecule has 2 heterocycles. The number of halogens is 1. The second kappa shape index (κ2) is 12.4. The van der Waals surface area contributed by atoms with Crippen LogP contribution in [0.2, 0.25) is 0 Å². The fourth-order valence-corrected chi connectivity index (χ4v) is 6.09. The number of unbranched alkanes of at least 4 members (excludes halogenated alkanes) is 1. The Bertz CT molecular complexity index is 1520. The van der Waals surface area contributed by atoms with Gasteiger partial charge in [0.2, 0.25) is 5.13 Å². The Labute approximate surface area is 239 Å². The second-order valence-electron chi connectivity index (χ2n) is 9.07. The Morgan fingerprint density at radius 3 is 2.45 bits per heavy atom. The highest BCUT2D eigenvalue weighted by Gasteiger charge is 2.48. The number of hydrogen-bond acceptors (Lipinski definition) is 8. The predicted molar refractivity (Wildman–Crippen MR) is 154 cm³/mol. The van der Waals surface area contributed by atoms with Gasteiger partial charge in [-0.2, -0.15) is 0 Å². The van der Waals surface area contributed by atoms with Crippen LogP contribution in [0.25, 0.3) is 5.76 Å². The van der Waals surface area contributed by atoms with Crippen molar-refractivity contribution < 1.29 is 23.8 Å². The van der Waals surface area contributed by atoms with Crippen LogP contribution in [-0.4, -0.2) is 33.6 Å². The third kappa shape index (κ3) is 5.93. The number of aliphatic hydroxyl groups excluding tert-OH is 1. The van der Waals surface area contributed by atoms with E-state index in [2.05, 4.69) is 17.1 Å². The van der Waals surface area contributed by atoms with Crippen LogP contribution >= 0.6 is 23.1 Å². The average Bonchev–Trinajstić information content (AvgIpc) is 3.55. The maximum atomic E-state index is 13.4. The molecule has 0 radical (unpaired) electrons. The van der Waals surface area contributed by atoms with E-state index in [0.29, 0.717) is 33.6 Å². The van der Waals surface area contributed by atoms with Crippen molar-refractivity contribution in [1.82, 2.24) is 10.2 Å². The number of aliphatic hydroxyl groups is 1. The normalized spacial score (nSPS) is 16.4. The van der Waals surface area contributed by atoms with E-state index in [1.165, 1.54) is 40.1 Å². The third-order valence-corrected chi connectivity index (χ3v) is 8.46. The molecule has 0 spiro atoms. The molecule has 1 saturated heterocycles. The van der Waals surface area contributed by atoms with E-state index in [1.54, 1.807) is 48.5 Å². The molecule has 0 bridgehead atoms. The number of hydrogen-bond donors (Lipinski definition) is 1. The molecule has 1 aliphatic heterocycles. The summed E-state index contributed by atoms with van der Waals surface area (Å²) < 4.78 is 19.5. The number of benzene rings is 3. The number of carbonyl (C=O) groups is 2. The highest BCUT2D eigenvalue weighted by molar-refractivity contribution is 8.00. The Morgan fingerprint density at radius 1 is 1.02 bits per heavy atom. The van der Waals surface area contributed by atoms with Crippen LogP contribution in [-0.2, 0) is 15.3 Å². The van der Waals surface area contributed by atoms with Crippen LogP contribution in [0.15, 0.2) is 88.8 Å². The quantitative estimate of drug-likeness (QED) is 0.0557. The number of ketones is 1. The van der Waals surface area contributed by atoms with Gasteiger partial charge in [-0.05, 0) is 53.9 Å². The van der Waals surface area contributed by atoms with Gasteiger partial charge in [0.15, 0.2) is 4.34 Å². The molecule has 5 rings (SSSR count). The molecule has 3 aromatic carbocycles. The molecule has 40 heavy (non-hydrogen) atoms. The number of ether oxygens (including phenoxy) is 1. The van der Waals surface area contributed by atoms with Gasteiger partial charge in [0.1, 0.15) is 17.3 Å². The summed E-state index contributed by atoms with van der Waals surface area (Å²) in [6, 6.07) is 21.1. The Hall–Kier alpha value is -4.02. The van der Waals surface area contributed by atoms with Gasteiger partial charge in [-0.25, -0.2) is 4.39 Å². The van der Waals surface area contributed by atoms with E-state index in [1.807, 2.05) is 18.2 Å². The van der Waals surface area contributed by atoms with Gasteiger partial charge in [0.05, 0.1) is 18.2 Å². The number of anilines is 1. The van der Waals surface area contributed by atoms with E-state index < -0.39 is 17.7 Å². The van der Waals surface area contributed by atoms with Crippen molar-refractivity contribution in [3.8, 4) is 5.75 Å². The Balaban J connectivity index is 1.46. The minimum absolute atomic E-state index is 0.0217. The first kappa shape index (κ1) is 27.5. The average molecular weight is 576 g/mol. The van der Waals surface area contributed by atoms with Gasteiger partial charge in [-0.1, -0.05) is 78.9 Å². The van der Waals surface area contributed by atoms with E-state index in [4.69, 9.17) is 4.74 Å². The van der Waals surface area contributed by atoms with Gasteiger partial charge in [0.25, 0.3) is 5.78 Å². The molecule has 1 aromatic heterocycles. The van der Waals surface area contributed by atoms with Crippen LogP contribution in [0.1, 0.15) is 42.5 Å². The Kier molecular flexibility index (Phi) is 8.57. The first-order chi connectivity index (χ1) is 19.5. The van der Waals surface area contributed by atoms with E-state index in [0.717, 1.165) is 18.4 Å². The highest BCUT2D eigenvalue weighted by Crippen LogP contribution is 2.44. The summed E-state index contributed by atoms with van der Waals surface area (Å²) in [7, 11) is 0. The van der Waals surface area contributed by atoms with Crippen molar-refractivity contribution in [2.75, 3.05) is 11.5 Å². The maximum Gasteiger partial charge on any atom is 0.301 e. The third-order valence-electron chi connectivity index (χ3n) is 6.33. The summed E-state index contributed by atoms with van der Waals surface area (Å²) >= 11 is 2.57. The molecule has 204 valence electrons. The van der Waals surface area contributed by atoms with Crippen LogP contribution in [0.3, 0.4) is 0 Å². The molecule has 7 nitrogen and oxygen atoms in total. The van der Waals surface area contributed by atoms with Gasteiger partial charge >= 0.3 is 5.91 Å². The smallest absolute Gasteiger partial charge is 0.301 e. The summed E-state index contributed by atoms with van der Waals surface area (Å²) in [6.07, 6.45) is 1.95. The first-order valence-electron chi connectivity index (χ1n) is 12.8. The van der Waals surface area contributed by atoms with Crippen molar-refractivity contribution >= 4 is 45.7 Å². The topological polar surface area (TPSA) is 92.6 Å². The fourth-order valence-electron chi connectivity index (χ4n) is 4.26. The molecular weight excluding hydrogens is 549 g/mol. The van der Waals surface area contributed by atoms with Gasteiger partial charge in [-0.3, -0.25) is 14.5 Å². The summed E-state index contributed by atoms with van der Waals surface area (Å²) in [5.74, 6) is -0.977.